The third kappa shape index (κ3) is 4.39. The number of nitrogens with zero attached hydrogens (tertiary/aromatic N) is 1. The second-order valence-electron chi connectivity index (χ2n) is 5.79. The molecule has 134 valence electrons. The Balaban J connectivity index is 2.13. The largest absolute Gasteiger partial charge is 0.481 e. The van der Waals surface area contributed by atoms with E-state index in [1.165, 1.54) is 4.90 Å². The van der Waals surface area contributed by atoms with Crippen molar-refractivity contribution in [3.63, 3.8) is 0 Å². The number of aliphatic carboxylic acids is 1. The molecule has 0 saturated heterocycles. The molecule has 0 radical (unpaired) electrons. The van der Waals surface area contributed by atoms with Gasteiger partial charge in [-0.3, -0.25) is 19.8 Å². The SMILES string of the molecule is CCC(CNC1C=CC=CN1C(=O)c1ccc(NC)c(N)c1)C(=O)O. The van der Waals surface area contributed by atoms with Gasteiger partial charge in [0.2, 0.25) is 0 Å². The maximum absolute atomic E-state index is 12.8. The van der Waals surface area contributed by atoms with Crippen molar-refractivity contribution in [3.8, 4) is 0 Å². The standard InChI is InChI=1S/C18H24N4O3/c1-3-12(18(24)25)11-21-16-6-4-5-9-22(16)17(23)13-7-8-15(20-2)14(19)10-13/h4-10,12,16,20-21H,3,11,19H2,1-2H3,(H,24,25). The Kier molecular flexibility index (Phi) is 6.19. The molecule has 1 aromatic rings. The predicted molar refractivity (Wildman–Crippen MR) is 98.1 cm³/mol. The molecule has 1 aliphatic rings. The van der Waals surface area contributed by atoms with Gasteiger partial charge in [-0.05, 0) is 36.8 Å². The number of nitrogens with one attached hydrogen (secondary N) is 2. The number of hydrogen-bond acceptors (Lipinski definition) is 5. The molecule has 25 heavy (non-hydrogen) atoms. The third-order valence-electron chi connectivity index (χ3n) is 4.17. The smallest absolute Gasteiger partial charge is 0.307 e. The number of anilines is 2. The molecular formula is C18H24N4O3. The first-order chi connectivity index (χ1) is 12.0. The zero-order valence-corrected chi connectivity index (χ0v) is 14.4. The zero-order chi connectivity index (χ0) is 18.4. The van der Waals surface area contributed by atoms with Crippen LogP contribution in [0.25, 0.3) is 0 Å². The summed E-state index contributed by atoms with van der Waals surface area (Å²) in [6, 6.07) is 5.09. The fourth-order valence-corrected chi connectivity index (χ4v) is 2.60. The summed E-state index contributed by atoms with van der Waals surface area (Å²) in [7, 11) is 1.76. The summed E-state index contributed by atoms with van der Waals surface area (Å²) in [5, 5.41) is 15.3. The lowest BCUT2D eigenvalue weighted by atomic mass is 10.1. The maximum atomic E-state index is 12.8. The van der Waals surface area contributed by atoms with E-state index in [4.69, 9.17) is 10.8 Å². The van der Waals surface area contributed by atoms with E-state index in [1.54, 1.807) is 37.5 Å². The highest BCUT2D eigenvalue weighted by atomic mass is 16.4. The average Bonchev–Trinajstić information content (AvgIpc) is 2.61. The molecule has 0 bridgehead atoms. The summed E-state index contributed by atoms with van der Waals surface area (Å²) in [6.07, 6.45) is 7.18. The average molecular weight is 344 g/mol. The first-order valence-corrected chi connectivity index (χ1v) is 8.19. The van der Waals surface area contributed by atoms with Gasteiger partial charge in [-0.1, -0.05) is 13.0 Å². The summed E-state index contributed by atoms with van der Waals surface area (Å²) in [4.78, 5) is 25.5. The number of nitrogen functional groups attached to an aromatic ring is 1. The lowest BCUT2D eigenvalue weighted by Gasteiger charge is -2.30. The van der Waals surface area contributed by atoms with Crippen LogP contribution < -0.4 is 16.4 Å². The second kappa shape index (κ2) is 8.34. The molecule has 2 rings (SSSR count). The van der Waals surface area contributed by atoms with Gasteiger partial charge in [-0.2, -0.15) is 0 Å². The number of nitrogens with two attached hydrogens (primary N) is 1. The Morgan fingerprint density at radius 1 is 1.36 bits per heavy atom. The fraction of sp³-hybridized carbons (Fsp3) is 0.333. The molecule has 7 heteroatoms. The van der Waals surface area contributed by atoms with Crippen LogP contribution in [0.4, 0.5) is 11.4 Å². The van der Waals surface area contributed by atoms with Gasteiger partial charge in [-0.15, -0.1) is 0 Å². The van der Waals surface area contributed by atoms with Crippen molar-refractivity contribution in [2.45, 2.75) is 19.5 Å². The Morgan fingerprint density at radius 2 is 2.12 bits per heavy atom. The number of allylic oxidation sites excluding steroid dienone is 2. The Hall–Kier alpha value is -2.80. The molecule has 1 heterocycles. The lowest BCUT2D eigenvalue weighted by Crippen LogP contribution is -2.47. The van der Waals surface area contributed by atoms with Gasteiger partial charge >= 0.3 is 5.97 Å². The lowest BCUT2D eigenvalue weighted by molar-refractivity contribution is -0.141. The van der Waals surface area contributed by atoms with Crippen LogP contribution in [-0.2, 0) is 4.79 Å². The van der Waals surface area contributed by atoms with E-state index in [0.717, 1.165) is 5.69 Å². The number of amides is 1. The summed E-state index contributed by atoms with van der Waals surface area (Å²) >= 11 is 0. The number of rotatable bonds is 7. The van der Waals surface area contributed by atoms with E-state index in [-0.39, 0.29) is 12.5 Å². The van der Waals surface area contributed by atoms with Gasteiger partial charge in [0.05, 0.1) is 17.3 Å². The van der Waals surface area contributed by atoms with E-state index in [9.17, 15) is 9.59 Å². The maximum Gasteiger partial charge on any atom is 0.307 e. The third-order valence-corrected chi connectivity index (χ3v) is 4.17. The molecule has 2 atom stereocenters. The van der Waals surface area contributed by atoms with E-state index in [1.807, 2.05) is 19.1 Å². The van der Waals surface area contributed by atoms with Crippen LogP contribution in [0.3, 0.4) is 0 Å². The minimum absolute atomic E-state index is 0.212. The minimum Gasteiger partial charge on any atom is -0.481 e. The van der Waals surface area contributed by atoms with Crippen LogP contribution in [-0.4, -0.2) is 41.6 Å². The van der Waals surface area contributed by atoms with Crippen LogP contribution >= 0.6 is 0 Å². The van der Waals surface area contributed by atoms with Crippen LogP contribution in [0.2, 0.25) is 0 Å². The van der Waals surface area contributed by atoms with Crippen molar-refractivity contribution in [2.24, 2.45) is 5.92 Å². The molecule has 1 amide bonds. The molecule has 0 aliphatic carbocycles. The first-order valence-electron chi connectivity index (χ1n) is 8.19. The topological polar surface area (TPSA) is 108 Å². The van der Waals surface area contributed by atoms with E-state index in [0.29, 0.717) is 17.7 Å². The minimum atomic E-state index is -0.848. The molecule has 7 nitrogen and oxygen atoms in total. The molecule has 1 aliphatic heterocycles. The Labute approximate surface area is 147 Å². The number of carbonyl (C=O) groups is 2. The highest BCUT2D eigenvalue weighted by Crippen LogP contribution is 2.21. The molecule has 1 aromatic carbocycles. The number of benzene rings is 1. The van der Waals surface area contributed by atoms with Crippen LogP contribution in [0.1, 0.15) is 23.7 Å². The summed E-state index contributed by atoms with van der Waals surface area (Å²) in [6.45, 7) is 2.10. The van der Waals surface area contributed by atoms with Crippen molar-refractivity contribution in [1.29, 1.82) is 0 Å². The summed E-state index contributed by atoms with van der Waals surface area (Å²) in [5.41, 5.74) is 7.65. The molecule has 0 saturated carbocycles. The van der Waals surface area contributed by atoms with E-state index >= 15 is 0 Å². The highest BCUT2D eigenvalue weighted by Gasteiger charge is 2.24. The zero-order valence-electron chi connectivity index (χ0n) is 14.4. The molecule has 0 aromatic heterocycles. The van der Waals surface area contributed by atoms with Crippen molar-refractivity contribution < 1.29 is 14.7 Å². The Morgan fingerprint density at radius 3 is 2.72 bits per heavy atom. The normalized spacial score (nSPS) is 17.4. The number of hydrogen-bond donors (Lipinski definition) is 4. The highest BCUT2D eigenvalue weighted by molar-refractivity contribution is 5.97. The van der Waals surface area contributed by atoms with Crippen LogP contribution in [0.15, 0.2) is 42.6 Å². The van der Waals surface area contributed by atoms with E-state index < -0.39 is 18.1 Å². The monoisotopic (exact) mass is 344 g/mol. The molecular weight excluding hydrogens is 320 g/mol. The van der Waals surface area contributed by atoms with Crippen molar-refractivity contribution in [2.75, 3.05) is 24.6 Å². The summed E-state index contributed by atoms with van der Waals surface area (Å²) < 4.78 is 0. The van der Waals surface area contributed by atoms with Gasteiger partial charge in [0.25, 0.3) is 5.91 Å². The number of carboxylic acid groups (broad SMARTS) is 1. The van der Waals surface area contributed by atoms with E-state index in [2.05, 4.69) is 10.6 Å². The predicted octanol–water partition coefficient (Wildman–Crippen LogP) is 1.86. The number of carbonyl (C=O) groups excluding carboxylic acids is 1. The van der Waals surface area contributed by atoms with Gasteiger partial charge in [0, 0.05) is 25.4 Å². The van der Waals surface area contributed by atoms with Crippen molar-refractivity contribution in [3.05, 3.63) is 48.2 Å². The van der Waals surface area contributed by atoms with Crippen molar-refractivity contribution in [1.82, 2.24) is 10.2 Å². The van der Waals surface area contributed by atoms with Gasteiger partial charge in [0.15, 0.2) is 0 Å². The van der Waals surface area contributed by atoms with Crippen molar-refractivity contribution >= 4 is 23.3 Å². The molecule has 5 N–H and O–H groups in total. The van der Waals surface area contributed by atoms with Gasteiger partial charge < -0.3 is 16.2 Å². The Bertz CT molecular complexity index is 700. The molecule has 0 spiro atoms. The van der Waals surface area contributed by atoms with Crippen LogP contribution in [0.5, 0.6) is 0 Å². The van der Waals surface area contributed by atoms with Gasteiger partial charge in [0.1, 0.15) is 6.17 Å². The second-order valence-corrected chi connectivity index (χ2v) is 5.79. The molecule has 0 fully saturated rings. The van der Waals surface area contributed by atoms with Gasteiger partial charge in [-0.25, -0.2) is 0 Å². The fourth-order valence-electron chi connectivity index (χ4n) is 2.60. The van der Waals surface area contributed by atoms with Crippen LogP contribution in [0, 0.1) is 5.92 Å². The first kappa shape index (κ1) is 18.5. The molecule has 2 unspecified atom stereocenters. The number of carboxylic acids is 1. The summed E-state index contributed by atoms with van der Waals surface area (Å²) in [5.74, 6) is -1.56. The quantitative estimate of drug-likeness (QED) is 0.562.